The number of anilines is 1. The van der Waals surface area contributed by atoms with Gasteiger partial charge in [0.1, 0.15) is 11.6 Å². The minimum atomic E-state index is -0.514. The average Bonchev–Trinajstić information content (AvgIpc) is 3.10. The molecule has 0 saturated heterocycles. The Morgan fingerprint density at radius 2 is 2.03 bits per heavy atom. The lowest BCUT2D eigenvalue weighted by Gasteiger charge is -2.36. The lowest BCUT2D eigenvalue weighted by Crippen LogP contribution is -2.42. The molecule has 1 aliphatic heterocycles. The number of carbonyl (C=O) groups excluding carboxylic acids is 1. The van der Waals surface area contributed by atoms with Gasteiger partial charge in [-0.2, -0.15) is 0 Å². The first-order valence-electron chi connectivity index (χ1n) is 10.2. The van der Waals surface area contributed by atoms with E-state index < -0.39 is 5.82 Å². The lowest BCUT2D eigenvalue weighted by atomic mass is 9.92. The van der Waals surface area contributed by atoms with Crippen LogP contribution in [0.15, 0.2) is 42.5 Å². The van der Waals surface area contributed by atoms with E-state index in [1.54, 1.807) is 18.4 Å². The van der Waals surface area contributed by atoms with Crippen LogP contribution in [0.4, 0.5) is 14.9 Å². The van der Waals surface area contributed by atoms with Crippen LogP contribution >= 0.6 is 22.9 Å². The number of nitrogens with one attached hydrogen (secondary N) is 1. The molecule has 3 aromatic rings. The second-order valence-electron chi connectivity index (χ2n) is 7.51. The van der Waals surface area contributed by atoms with Crippen molar-refractivity contribution in [1.82, 2.24) is 4.90 Å². The van der Waals surface area contributed by atoms with E-state index in [-0.39, 0.29) is 17.1 Å². The van der Waals surface area contributed by atoms with Gasteiger partial charge >= 0.3 is 6.03 Å². The summed E-state index contributed by atoms with van der Waals surface area (Å²) in [6, 6.07) is 11.6. The Kier molecular flexibility index (Phi) is 6.21. The Balaban J connectivity index is 1.72. The zero-order valence-corrected chi connectivity index (χ0v) is 19.2. The first-order chi connectivity index (χ1) is 14.9. The summed E-state index contributed by atoms with van der Waals surface area (Å²) in [5, 5.41) is 2.86. The van der Waals surface area contributed by atoms with Crippen LogP contribution < -0.4 is 10.1 Å². The normalized spacial score (nSPS) is 15.5. The third-order valence-electron chi connectivity index (χ3n) is 5.73. The molecule has 1 atom stereocenters. The topological polar surface area (TPSA) is 41.6 Å². The predicted molar refractivity (Wildman–Crippen MR) is 124 cm³/mol. The van der Waals surface area contributed by atoms with Crippen molar-refractivity contribution in [1.29, 1.82) is 0 Å². The van der Waals surface area contributed by atoms with Gasteiger partial charge in [0.2, 0.25) is 0 Å². The number of urea groups is 1. The van der Waals surface area contributed by atoms with Crippen molar-refractivity contribution in [3.63, 3.8) is 0 Å². The summed E-state index contributed by atoms with van der Waals surface area (Å²) in [7, 11) is 1.64. The molecule has 2 aromatic carbocycles. The van der Waals surface area contributed by atoms with Crippen molar-refractivity contribution in [2.75, 3.05) is 19.0 Å². The summed E-state index contributed by atoms with van der Waals surface area (Å²) in [6.07, 6.45) is 1.79. The number of methoxy groups -OCH3 is 1. The number of benzene rings is 2. The Morgan fingerprint density at radius 3 is 2.68 bits per heavy atom. The smallest absolute Gasteiger partial charge is 0.322 e. The predicted octanol–water partition coefficient (Wildman–Crippen LogP) is 6.60. The molecule has 7 heteroatoms. The number of halogens is 2. The van der Waals surface area contributed by atoms with Gasteiger partial charge in [0, 0.05) is 22.0 Å². The quantitative estimate of drug-likeness (QED) is 0.478. The SMILES string of the molecule is CCc1c(C)sc2c1CCN(C(=O)Nc1ccc(F)c(Cl)c1)[C@@H]2c1ccc(OC)cc1. The van der Waals surface area contributed by atoms with Crippen LogP contribution in [0.5, 0.6) is 5.75 Å². The van der Waals surface area contributed by atoms with E-state index >= 15 is 0 Å². The first kappa shape index (κ1) is 21.7. The molecule has 4 nitrogen and oxygen atoms in total. The number of ether oxygens (including phenoxy) is 1. The van der Waals surface area contributed by atoms with E-state index in [2.05, 4.69) is 19.2 Å². The second-order valence-corrected chi connectivity index (χ2v) is 9.17. The van der Waals surface area contributed by atoms with Crippen LogP contribution in [0, 0.1) is 12.7 Å². The van der Waals surface area contributed by atoms with E-state index in [0.29, 0.717) is 12.2 Å². The molecule has 162 valence electrons. The fourth-order valence-corrected chi connectivity index (χ4v) is 5.84. The van der Waals surface area contributed by atoms with Gasteiger partial charge < -0.3 is 15.0 Å². The molecule has 0 aliphatic carbocycles. The average molecular weight is 459 g/mol. The van der Waals surface area contributed by atoms with Crippen LogP contribution in [0.1, 0.15) is 39.4 Å². The van der Waals surface area contributed by atoms with Gasteiger partial charge in [-0.25, -0.2) is 9.18 Å². The second kappa shape index (κ2) is 8.89. The highest BCUT2D eigenvalue weighted by Crippen LogP contribution is 2.43. The number of hydrogen-bond acceptors (Lipinski definition) is 3. The Bertz CT molecular complexity index is 1110. The molecule has 0 spiro atoms. The number of amides is 2. The van der Waals surface area contributed by atoms with Crippen LogP contribution in [-0.2, 0) is 12.8 Å². The van der Waals surface area contributed by atoms with Gasteiger partial charge in [0.25, 0.3) is 0 Å². The summed E-state index contributed by atoms with van der Waals surface area (Å²) < 4.78 is 18.8. The molecule has 0 unspecified atom stereocenters. The highest BCUT2D eigenvalue weighted by Gasteiger charge is 2.35. The summed E-state index contributed by atoms with van der Waals surface area (Å²) in [5.41, 5.74) is 4.24. The zero-order chi connectivity index (χ0) is 22.1. The number of fused-ring (bicyclic) bond motifs is 1. The number of carbonyl (C=O) groups is 1. The third kappa shape index (κ3) is 4.14. The number of aryl methyl sites for hydroxylation is 1. The minimum absolute atomic E-state index is 0.0214. The monoisotopic (exact) mass is 458 g/mol. The van der Waals surface area contributed by atoms with Gasteiger partial charge in [-0.1, -0.05) is 30.7 Å². The van der Waals surface area contributed by atoms with Crippen LogP contribution in [0.2, 0.25) is 5.02 Å². The molecule has 1 aliphatic rings. The van der Waals surface area contributed by atoms with Crippen molar-refractivity contribution >= 4 is 34.7 Å². The highest BCUT2D eigenvalue weighted by molar-refractivity contribution is 7.12. The van der Waals surface area contributed by atoms with E-state index in [9.17, 15) is 9.18 Å². The minimum Gasteiger partial charge on any atom is -0.497 e. The van der Waals surface area contributed by atoms with Gasteiger partial charge in [-0.3, -0.25) is 0 Å². The fraction of sp³-hybridized carbons (Fsp3) is 0.292. The van der Waals surface area contributed by atoms with Gasteiger partial charge in [0.05, 0.1) is 18.2 Å². The van der Waals surface area contributed by atoms with Crippen molar-refractivity contribution in [3.05, 3.63) is 79.7 Å². The molecule has 0 bridgehead atoms. The van der Waals surface area contributed by atoms with E-state index in [0.717, 1.165) is 24.2 Å². The van der Waals surface area contributed by atoms with Crippen molar-refractivity contribution < 1.29 is 13.9 Å². The Labute approximate surface area is 190 Å². The van der Waals surface area contributed by atoms with Crippen LogP contribution in [0.3, 0.4) is 0 Å². The lowest BCUT2D eigenvalue weighted by molar-refractivity contribution is 0.195. The van der Waals surface area contributed by atoms with E-state index in [1.807, 2.05) is 29.2 Å². The first-order valence-corrected chi connectivity index (χ1v) is 11.4. The van der Waals surface area contributed by atoms with Crippen molar-refractivity contribution in [2.24, 2.45) is 0 Å². The number of rotatable bonds is 4. The molecule has 31 heavy (non-hydrogen) atoms. The van der Waals surface area contributed by atoms with Gasteiger partial charge in [0.15, 0.2) is 0 Å². The Hall–Kier alpha value is -2.57. The summed E-state index contributed by atoms with van der Waals surface area (Å²) >= 11 is 7.65. The Morgan fingerprint density at radius 1 is 1.29 bits per heavy atom. The van der Waals surface area contributed by atoms with Crippen molar-refractivity contribution in [3.8, 4) is 5.75 Å². The maximum Gasteiger partial charge on any atom is 0.322 e. The fourth-order valence-electron chi connectivity index (χ4n) is 4.21. The van der Waals surface area contributed by atoms with Crippen LogP contribution in [-0.4, -0.2) is 24.6 Å². The number of nitrogens with zero attached hydrogens (tertiary/aromatic N) is 1. The standard InChI is InChI=1S/C24H24ClFN2O2S/c1-4-18-14(2)31-23-19(18)11-12-28(22(23)15-5-8-17(30-3)9-6-15)24(29)27-16-7-10-21(26)20(25)13-16/h5-10,13,22H,4,11-12H2,1-3H3,(H,27,29)/t22-/m1/s1. The molecule has 1 N–H and O–H groups in total. The maximum atomic E-state index is 13.5. The van der Waals surface area contributed by atoms with Crippen molar-refractivity contribution in [2.45, 2.75) is 32.7 Å². The number of thiophene rings is 1. The molecule has 2 amide bonds. The molecule has 4 rings (SSSR count). The highest BCUT2D eigenvalue weighted by atomic mass is 35.5. The zero-order valence-electron chi connectivity index (χ0n) is 17.7. The molecular formula is C24H24ClFN2O2S. The summed E-state index contributed by atoms with van der Waals surface area (Å²) in [5.74, 6) is 0.257. The van der Waals surface area contributed by atoms with E-state index in [4.69, 9.17) is 16.3 Å². The maximum absolute atomic E-state index is 13.5. The third-order valence-corrected chi connectivity index (χ3v) is 7.26. The van der Waals surface area contributed by atoms with Gasteiger partial charge in [-0.15, -0.1) is 11.3 Å². The molecule has 0 saturated carbocycles. The number of hydrogen-bond donors (Lipinski definition) is 1. The molecule has 1 aromatic heterocycles. The molecule has 2 heterocycles. The van der Waals surface area contributed by atoms with Gasteiger partial charge in [-0.05, 0) is 66.8 Å². The largest absolute Gasteiger partial charge is 0.497 e. The summed E-state index contributed by atoms with van der Waals surface area (Å²) in [6.45, 7) is 4.92. The summed E-state index contributed by atoms with van der Waals surface area (Å²) in [4.78, 5) is 17.7. The van der Waals surface area contributed by atoms with Crippen LogP contribution in [0.25, 0.3) is 0 Å². The molecule has 0 fully saturated rings. The molecule has 0 radical (unpaired) electrons. The molecular weight excluding hydrogens is 435 g/mol. The van der Waals surface area contributed by atoms with E-state index in [1.165, 1.54) is 39.1 Å².